The van der Waals surface area contributed by atoms with E-state index in [9.17, 15) is 13.2 Å². The molecule has 0 N–H and O–H groups in total. The molecule has 0 aliphatic rings. The minimum Gasteiger partial charge on any atom is -0.248 e. The smallest absolute Gasteiger partial charge is 0.135 e. The minimum atomic E-state index is -0.211. The summed E-state index contributed by atoms with van der Waals surface area (Å²) in [7, 11) is 0. The molecule has 0 unspecified atom stereocenters. The number of halogens is 3. The second-order valence-corrected chi connectivity index (χ2v) is 25.4. The number of pyridine rings is 5. The highest BCUT2D eigenvalue weighted by molar-refractivity contribution is 5.89. The van der Waals surface area contributed by atoms with Crippen LogP contribution in [0.4, 0.5) is 13.2 Å². The van der Waals surface area contributed by atoms with Gasteiger partial charge in [-0.1, -0.05) is 173 Å². The Morgan fingerprint density at radius 3 is 0.896 bits per heavy atom. The lowest BCUT2D eigenvalue weighted by Crippen LogP contribution is -1.92. The van der Waals surface area contributed by atoms with Gasteiger partial charge in [-0.3, -0.25) is 0 Å². The molecule has 0 aliphatic heterocycles. The van der Waals surface area contributed by atoms with Crippen molar-refractivity contribution >= 4 is 54.5 Å². The minimum absolute atomic E-state index is 0.206. The van der Waals surface area contributed by atoms with Crippen molar-refractivity contribution in [2.45, 2.75) is 90.0 Å². The maximum atomic E-state index is 14.4. The summed E-state index contributed by atoms with van der Waals surface area (Å²) in [5.74, 6) is -0.626. The first-order valence-electron chi connectivity index (χ1n) is 32.4. The van der Waals surface area contributed by atoms with E-state index in [0.29, 0.717) is 49.8 Å². The van der Waals surface area contributed by atoms with Crippen molar-refractivity contribution in [3.05, 3.63) is 326 Å². The molecule has 5 nitrogen and oxygen atoms in total. The molecule has 15 aromatic rings. The first-order valence-corrected chi connectivity index (χ1v) is 32.4. The summed E-state index contributed by atoms with van der Waals surface area (Å²) in [5.41, 5.74) is 28.8. The van der Waals surface area contributed by atoms with Crippen molar-refractivity contribution < 1.29 is 13.2 Å². The SMILES string of the molecule is Cc1cc(C)cc(-c2cc(F)c3c(C)cccc3n2)c1.Cc1cc(C)cc(-c2ccc3c(C)cc(C)cc3n2)c1.Cc1cccc(-c2cc(F)c3c(C)cccc3n2)c1.Cc1cccc(-c2ccc3c(C)cc(C)cc3n2)c1.Cc1cccc2nc(-c3ccccc3)cc(F)c12. The van der Waals surface area contributed by atoms with Crippen LogP contribution in [-0.2, 0) is 0 Å². The number of fused-ring (bicyclic) bond motifs is 5. The zero-order chi connectivity index (χ0) is 67.9. The molecular weight excluding hydrogens is 1180 g/mol. The zero-order valence-electron chi connectivity index (χ0n) is 56.9. The van der Waals surface area contributed by atoms with E-state index in [1.54, 1.807) is 0 Å². The number of hydrogen-bond donors (Lipinski definition) is 0. The average Bonchev–Trinajstić information content (AvgIpc) is 0.854. The zero-order valence-corrected chi connectivity index (χ0v) is 56.9. The van der Waals surface area contributed by atoms with Gasteiger partial charge >= 0.3 is 0 Å². The van der Waals surface area contributed by atoms with Crippen LogP contribution in [0.1, 0.15) is 72.3 Å². The van der Waals surface area contributed by atoms with E-state index in [2.05, 4.69) is 160 Å². The van der Waals surface area contributed by atoms with Gasteiger partial charge in [0.15, 0.2) is 0 Å². The van der Waals surface area contributed by atoms with Crippen molar-refractivity contribution in [1.82, 2.24) is 24.9 Å². The summed E-state index contributed by atoms with van der Waals surface area (Å²) >= 11 is 0. The number of aryl methyl sites for hydroxylation is 13. The quantitative estimate of drug-likeness (QED) is 0.172. The standard InChI is InChI=1S/C19H19N.C18H16FN.C18H17N.C17H14FN.C16H12FN/c1-12-7-13(2)10-16(9-12)18-6-5-17-15(4)8-14(3)11-19(17)20-18;1-11-7-12(2)9-14(8-11)17-10-15(19)18-13(3)5-4-6-16(18)20-17;1-12-5-4-6-15(10-12)17-8-7-16-14(3)9-13(2)11-18(16)19-17;1-11-5-3-7-13(9-11)16-10-14(18)17-12(2)6-4-8-15(17)19-16;1-11-6-5-9-14-16(11)13(17)10-15(18-14)12-7-3-2-4-8-12/h5-11H,1-4H3;4-10H,1-3H3;4-11H,1-3H3;3-10H,1-2H3;2-10H,1H3. The highest BCUT2D eigenvalue weighted by Gasteiger charge is 2.14. The molecule has 0 spiro atoms. The first kappa shape index (κ1) is 66.5. The highest BCUT2D eigenvalue weighted by Crippen LogP contribution is 2.32. The van der Waals surface area contributed by atoms with E-state index in [1.165, 1.54) is 79.0 Å². The van der Waals surface area contributed by atoms with E-state index >= 15 is 0 Å². The number of rotatable bonds is 5. The van der Waals surface area contributed by atoms with Crippen molar-refractivity contribution in [3.63, 3.8) is 0 Å². The van der Waals surface area contributed by atoms with E-state index in [0.717, 1.165) is 72.5 Å². The van der Waals surface area contributed by atoms with Crippen molar-refractivity contribution in [2.24, 2.45) is 0 Å². The van der Waals surface area contributed by atoms with Gasteiger partial charge in [0.25, 0.3) is 0 Å². The van der Waals surface area contributed by atoms with Crippen molar-refractivity contribution in [3.8, 4) is 56.3 Å². The van der Waals surface area contributed by atoms with Crippen LogP contribution in [0.5, 0.6) is 0 Å². The predicted molar refractivity (Wildman–Crippen MR) is 397 cm³/mol. The van der Waals surface area contributed by atoms with Crippen LogP contribution in [0.15, 0.2) is 237 Å². The van der Waals surface area contributed by atoms with E-state index in [-0.39, 0.29) is 17.5 Å². The normalized spacial score (nSPS) is 10.9. The Hall–Kier alpha value is -11.0. The van der Waals surface area contributed by atoms with Crippen LogP contribution in [0.3, 0.4) is 0 Å². The van der Waals surface area contributed by atoms with Gasteiger partial charge in [0.2, 0.25) is 0 Å². The van der Waals surface area contributed by atoms with Gasteiger partial charge in [0.05, 0.1) is 56.1 Å². The van der Waals surface area contributed by atoms with Crippen LogP contribution in [-0.4, -0.2) is 24.9 Å². The summed E-state index contributed by atoms with van der Waals surface area (Å²) in [6.07, 6.45) is 0. The lowest BCUT2D eigenvalue weighted by atomic mass is 10.0. The van der Waals surface area contributed by atoms with Crippen molar-refractivity contribution in [1.29, 1.82) is 0 Å². The number of aromatic nitrogens is 5. The molecule has 0 radical (unpaired) electrons. The lowest BCUT2D eigenvalue weighted by Gasteiger charge is -2.08. The summed E-state index contributed by atoms with van der Waals surface area (Å²) < 4.78 is 42.8. The molecule has 15 rings (SSSR count). The number of hydrogen-bond acceptors (Lipinski definition) is 5. The topological polar surface area (TPSA) is 64.5 Å². The third kappa shape index (κ3) is 15.6. The molecule has 96 heavy (non-hydrogen) atoms. The molecule has 5 aromatic heterocycles. The number of benzene rings is 10. The summed E-state index contributed by atoms with van der Waals surface area (Å²) in [5, 5.41) is 4.31. The Balaban J connectivity index is 0.000000122. The van der Waals surface area contributed by atoms with E-state index < -0.39 is 0 Å². The molecule has 0 saturated carbocycles. The van der Waals surface area contributed by atoms with Crippen LogP contribution in [0.2, 0.25) is 0 Å². The molecular formula is C88H78F3N5. The highest BCUT2D eigenvalue weighted by atomic mass is 19.1. The fourth-order valence-corrected chi connectivity index (χ4v) is 12.6. The Kier molecular flexibility index (Phi) is 20.2. The molecule has 0 saturated heterocycles. The Morgan fingerprint density at radius 1 is 0.198 bits per heavy atom. The third-order valence-corrected chi connectivity index (χ3v) is 17.0. The fraction of sp³-hybridized carbons (Fsp3) is 0.148. The summed E-state index contributed by atoms with van der Waals surface area (Å²) in [6.45, 7) is 26.7. The van der Waals surface area contributed by atoms with Gasteiger partial charge in [0, 0.05) is 72.9 Å². The largest absolute Gasteiger partial charge is 0.248 e. The average molecular weight is 1260 g/mol. The first-order chi connectivity index (χ1) is 46.1. The van der Waals surface area contributed by atoms with Gasteiger partial charge in [-0.05, 0) is 208 Å². The Labute approximate surface area is 562 Å². The summed E-state index contributed by atoms with van der Waals surface area (Å²) in [6, 6.07) is 77.7. The molecule has 0 amide bonds. The van der Waals surface area contributed by atoms with Gasteiger partial charge < -0.3 is 0 Å². The van der Waals surface area contributed by atoms with Crippen LogP contribution < -0.4 is 0 Å². The second kappa shape index (κ2) is 29.1. The maximum Gasteiger partial charge on any atom is 0.135 e. The molecule has 0 bridgehead atoms. The van der Waals surface area contributed by atoms with E-state index in [4.69, 9.17) is 9.97 Å². The monoisotopic (exact) mass is 1260 g/mol. The molecule has 8 heteroatoms. The van der Waals surface area contributed by atoms with Gasteiger partial charge in [-0.25, -0.2) is 38.1 Å². The molecule has 0 atom stereocenters. The number of nitrogens with zero attached hydrogens (tertiary/aromatic N) is 5. The lowest BCUT2D eigenvalue weighted by molar-refractivity contribution is 0.638. The van der Waals surface area contributed by atoms with Gasteiger partial charge in [-0.15, -0.1) is 0 Å². The summed E-state index contributed by atoms with van der Waals surface area (Å²) in [4.78, 5) is 23.4. The molecule has 476 valence electrons. The molecule has 10 aromatic carbocycles. The van der Waals surface area contributed by atoms with Gasteiger partial charge in [0.1, 0.15) is 17.5 Å². The molecule has 0 fully saturated rings. The second-order valence-electron chi connectivity index (χ2n) is 25.4. The maximum absolute atomic E-state index is 14.4. The van der Waals surface area contributed by atoms with Crippen LogP contribution in [0.25, 0.3) is 111 Å². The predicted octanol–water partition coefficient (Wildman–Crippen LogP) is 23.9. The fourth-order valence-electron chi connectivity index (χ4n) is 12.6. The Bertz CT molecular complexity index is 5340. The third-order valence-electron chi connectivity index (χ3n) is 17.0. The van der Waals surface area contributed by atoms with Crippen LogP contribution >= 0.6 is 0 Å². The van der Waals surface area contributed by atoms with Crippen molar-refractivity contribution in [2.75, 3.05) is 0 Å². The van der Waals surface area contributed by atoms with Gasteiger partial charge in [-0.2, -0.15) is 0 Å². The van der Waals surface area contributed by atoms with Crippen LogP contribution in [0, 0.1) is 107 Å². The Morgan fingerprint density at radius 2 is 0.500 bits per heavy atom. The molecule has 0 aliphatic carbocycles. The van der Waals surface area contributed by atoms with E-state index in [1.807, 2.05) is 163 Å². The molecule has 5 heterocycles.